The van der Waals surface area contributed by atoms with Gasteiger partial charge in [-0.15, -0.1) is 0 Å². The van der Waals surface area contributed by atoms with E-state index < -0.39 is 0 Å². The molecular formula is C23H27N3OS. The van der Waals surface area contributed by atoms with Gasteiger partial charge in [0.15, 0.2) is 11.0 Å². The molecule has 1 spiro atoms. The second-order valence-electron chi connectivity index (χ2n) is 8.06. The lowest BCUT2D eigenvalue weighted by molar-refractivity contribution is -0.0663. The van der Waals surface area contributed by atoms with Crippen molar-refractivity contribution in [2.75, 3.05) is 17.8 Å². The lowest BCUT2D eigenvalue weighted by Gasteiger charge is -2.47. The Bertz CT molecular complexity index is 922. The van der Waals surface area contributed by atoms with Gasteiger partial charge in [0.1, 0.15) is 5.54 Å². The molecule has 1 atom stereocenters. The molecule has 4 rings (SSSR count). The molecule has 0 N–H and O–H groups in total. The van der Waals surface area contributed by atoms with Crippen LogP contribution in [0.25, 0.3) is 0 Å². The predicted molar refractivity (Wildman–Crippen MR) is 120 cm³/mol. The van der Waals surface area contributed by atoms with E-state index in [0.717, 1.165) is 40.8 Å². The number of aliphatic imine (C=N–C) groups is 2. The molecular weight excluding hydrogens is 366 g/mol. The molecule has 0 aromatic heterocycles. The number of amidine groups is 2. The summed E-state index contributed by atoms with van der Waals surface area (Å²) in [5, 5.41) is 0.997. The number of hydrogen-bond acceptors (Lipinski definition) is 4. The van der Waals surface area contributed by atoms with E-state index in [1.807, 2.05) is 12.1 Å². The number of nitrogens with zero attached hydrogens (tertiary/aromatic N) is 3. The van der Waals surface area contributed by atoms with E-state index in [0.29, 0.717) is 6.61 Å². The first-order valence-corrected chi connectivity index (χ1v) is 10.9. The van der Waals surface area contributed by atoms with Crippen LogP contribution in [0.3, 0.4) is 0 Å². The van der Waals surface area contributed by atoms with Crippen LogP contribution in [0.5, 0.6) is 0 Å². The molecule has 1 saturated heterocycles. The van der Waals surface area contributed by atoms with E-state index in [4.69, 9.17) is 14.7 Å². The number of benzene rings is 2. The molecule has 0 saturated carbocycles. The minimum absolute atomic E-state index is 0.235. The smallest absolute Gasteiger partial charge is 0.170 e. The zero-order chi connectivity index (χ0) is 19.8. The number of rotatable bonds is 2. The van der Waals surface area contributed by atoms with E-state index >= 15 is 0 Å². The Kier molecular flexibility index (Phi) is 5.06. The van der Waals surface area contributed by atoms with Crippen LogP contribution in [0.2, 0.25) is 0 Å². The van der Waals surface area contributed by atoms with Crippen LogP contribution < -0.4 is 4.90 Å². The highest BCUT2D eigenvalue weighted by molar-refractivity contribution is 8.13. The fourth-order valence-corrected chi connectivity index (χ4v) is 4.89. The zero-order valence-electron chi connectivity index (χ0n) is 17.0. The van der Waals surface area contributed by atoms with E-state index in [9.17, 15) is 0 Å². The van der Waals surface area contributed by atoms with Gasteiger partial charge in [0.2, 0.25) is 0 Å². The summed E-state index contributed by atoms with van der Waals surface area (Å²) in [7, 11) is 0. The summed E-state index contributed by atoms with van der Waals surface area (Å²) in [4.78, 5) is 12.5. The molecule has 1 fully saturated rings. The molecule has 5 heteroatoms. The largest absolute Gasteiger partial charge is 0.375 e. The summed E-state index contributed by atoms with van der Waals surface area (Å²) >= 11 is 1.68. The van der Waals surface area contributed by atoms with Crippen molar-refractivity contribution in [3.63, 3.8) is 0 Å². The third kappa shape index (κ3) is 3.38. The molecule has 0 aliphatic carbocycles. The molecule has 2 aromatic rings. The standard InChI is InChI=1S/C23H27N3OS/c1-17-10-8-9-13-19(17)24-20-23(14-15-27-22(2,3)16-23)26(21(25-20)28-4)18-11-6-5-7-12-18/h5-13H,14-16H2,1-4H3/t23-/m0/s1. The lowest BCUT2D eigenvalue weighted by atomic mass is 9.79. The summed E-state index contributed by atoms with van der Waals surface area (Å²) in [5.41, 5.74) is 2.77. The first-order chi connectivity index (χ1) is 13.5. The van der Waals surface area contributed by atoms with E-state index in [1.54, 1.807) is 11.8 Å². The molecule has 0 radical (unpaired) electrons. The SMILES string of the molecule is CSC1=NC(=Nc2ccccc2C)[C@@]2(CCOC(C)(C)C2)N1c1ccccc1. The normalized spacial score (nSPS) is 25.4. The van der Waals surface area contributed by atoms with Crippen LogP contribution in [0, 0.1) is 6.92 Å². The predicted octanol–water partition coefficient (Wildman–Crippen LogP) is 5.59. The van der Waals surface area contributed by atoms with Gasteiger partial charge < -0.3 is 9.64 Å². The number of thioether (sulfide) groups is 1. The highest BCUT2D eigenvalue weighted by Crippen LogP contribution is 2.45. The van der Waals surface area contributed by atoms with E-state index in [2.05, 4.69) is 74.4 Å². The Morgan fingerprint density at radius 3 is 2.46 bits per heavy atom. The van der Waals surface area contributed by atoms with Crippen molar-refractivity contribution < 1.29 is 4.74 Å². The van der Waals surface area contributed by atoms with E-state index in [1.165, 1.54) is 0 Å². The topological polar surface area (TPSA) is 37.2 Å². The second-order valence-corrected chi connectivity index (χ2v) is 8.83. The minimum Gasteiger partial charge on any atom is -0.375 e. The molecule has 28 heavy (non-hydrogen) atoms. The van der Waals surface area contributed by atoms with Crippen LogP contribution in [-0.4, -0.2) is 35.0 Å². The monoisotopic (exact) mass is 393 g/mol. The summed E-state index contributed by atoms with van der Waals surface area (Å²) in [6.07, 6.45) is 3.79. The summed E-state index contributed by atoms with van der Waals surface area (Å²) in [6.45, 7) is 7.13. The van der Waals surface area contributed by atoms with Gasteiger partial charge in [-0.05, 0) is 50.8 Å². The molecule has 2 aliphatic heterocycles. The van der Waals surface area contributed by atoms with Crippen LogP contribution in [0.1, 0.15) is 32.3 Å². The minimum atomic E-state index is -0.302. The lowest BCUT2D eigenvalue weighted by Crippen LogP contribution is -2.59. The van der Waals surface area contributed by atoms with Gasteiger partial charge in [-0.25, -0.2) is 9.98 Å². The van der Waals surface area contributed by atoms with Crippen LogP contribution in [-0.2, 0) is 4.74 Å². The number of anilines is 1. The van der Waals surface area contributed by atoms with Gasteiger partial charge in [0.25, 0.3) is 0 Å². The average molecular weight is 394 g/mol. The maximum atomic E-state index is 6.09. The van der Waals surface area contributed by atoms with Crippen LogP contribution in [0.15, 0.2) is 64.6 Å². The van der Waals surface area contributed by atoms with Gasteiger partial charge in [0.05, 0.1) is 11.3 Å². The molecule has 4 nitrogen and oxygen atoms in total. The highest BCUT2D eigenvalue weighted by Gasteiger charge is 2.54. The van der Waals surface area contributed by atoms with Crippen molar-refractivity contribution >= 4 is 34.1 Å². The van der Waals surface area contributed by atoms with Gasteiger partial charge in [0, 0.05) is 25.1 Å². The van der Waals surface area contributed by atoms with E-state index in [-0.39, 0.29) is 11.1 Å². The van der Waals surface area contributed by atoms with Gasteiger partial charge in [-0.3, -0.25) is 0 Å². The molecule has 0 unspecified atom stereocenters. The Balaban J connectivity index is 1.90. The third-order valence-electron chi connectivity index (χ3n) is 5.50. The number of ether oxygens (including phenoxy) is 1. The summed E-state index contributed by atoms with van der Waals surface area (Å²) in [5.74, 6) is 0.895. The maximum absolute atomic E-state index is 6.09. The van der Waals surface area contributed by atoms with Crippen LogP contribution >= 0.6 is 11.8 Å². The van der Waals surface area contributed by atoms with Crippen molar-refractivity contribution in [3.05, 3.63) is 60.2 Å². The maximum Gasteiger partial charge on any atom is 0.170 e. The molecule has 2 heterocycles. The molecule has 0 bridgehead atoms. The van der Waals surface area contributed by atoms with Gasteiger partial charge in [-0.2, -0.15) is 0 Å². The molecule has 0 amide bonds. The first-order valence-electron chi connectivity index (χ1n) is 9.72. The average Bonchev–Trinajstić information content (AvgIpc) is 2.95. The molecule has 146 valence electrons. The summed E-state index contributed by atoms with van der Waals surface area (Å²) in [6, 6.07) is 18.8. The van der Waals surface area contributed by atoms with Crippen molar-refractivity contribution in [2.24, 2.45) is 9.98 Å². The number of hydrogen-bond donors (Lipinski definition) is 0. The second kappa shape index (κ2) is 7.37. The van der Waals surface area contributed by atoms with Crippen molar-refractivity contribution in [2.45, 2.75) is 44.8 Å². The fourth-order valence-electron chi connectivity index (χ4n) is 4.25. The van der Waals surface area contributed by atoms with Gasteiger partial charge in [-0.1, -0.05) is 48.2 Å². The highest BCUT2D eigenvalue weighted by atomic mass is 32.2. The fraction of sp³-hybridized carbons (Fsp3) is 0.391. The van der Waals surface area contributed by atoms with Crippen molar-refractivity contribution in [1.82, 2.24) is 0 Å². The number of para-hydroxylation sites is 2. The van der Waals surface area contributed by atoms with Gasteiger partial charge >= 0.3 is 0 Å². The van der Waals surface area contributed by atoms with Crippen molar-refractivity contribution in [1.29, 1.82) is 0 Å². The molecule has 2 aliphatic rings. The zero-order valence-corrected chi connectivity index (χ0v) is 17.8. The first kappa shape index (κ1) is 19.2. The number of aryl methyl sites for hydroxylation is 1. The Morgan fingerprint density at radius 1 is 1.07 bits per heavy atom. The Labute approximate surface area is 171 Å². The quantitative estimate of drug-likeness (QED) is 0.667. The Morgan fingerprint density at radius 2 is 1.79 bits per heavy atom. The van der Waals surface area contributed by atoms with Crippen LogP contribution in [0.4, 0.5) is 11.4 Å². The van der Waals surface area contributed by atoms with Crippen molar-refractivity contribution in [3.8, 4) is 0 Å². The molecule has 2 aromatic carbocycles. The summed E-state index contributed by atoms with van der Waals surface area (Å²) < 4.78 is 6.09. The third-order valence-corrected chi connectivity index (χ3v) is 6.14. The Hall–Kier alpha value is -2.11.